The number of hydrogen-bond acceptors (Lipinski definition) is 7. The van der Waals surface area contributed by atoms with Gasteiger partial charge in [-0.1, -0.05) is 25.9 Å². The minimum absolute atomic E-state index is 0.0427. The van der Waals surface area contributed by atoms with Gasteiger partial charge in [-0.2, -0.15) is 0 Å². The summed E-state index contributed by atoms with van der Waals surface area (Å²) in [7, 11) is 1.55. The van der Waals surface area contributed by atoms with E-state index in [0.29, 0.717) is 35.6 Å². The minimum Gasteiger partial charge on any atom is -0.497 e. The lowest BCUT2D eigenvalue weighted by Crippen LogP contribution is -2.43. The molecule has 178 valence electrons. The molecule has 0 heterocycles. The molecule has 4 rings (SSSR count). The summed E-state index contributed by atoms with van der Waals surface area (Å²) in [5.74, 6) is -0.114. The molecule has 2 aliphatic carbocycles. The molecule has 0 radical (unpaired) electrons. The number of carbonyl (C=O) groups is 2. The molecule has 2 aromatic carbocycles. The summed E-state index contributed by atoms with van der Waals surface area (Å²) in [5, 5.41) is 18.1. The lowest BCUT2D eigenvalue weighted by molar-refractivity contribution is -0.384. The molecule has 2 aromatic rings. The number of anilines is 1. The van der Waals surface area contributed by atoms with Crippen molar-refractivity contribution in [2.24, 2.45) is 21.4 Å². The maximum atomic E-state index is 13.5. The van der Waals surface area contributed by atoms with Gasteiger partial charge in [0.1, 0.15) is 5.75 Å². The van der Waals surface area contributed by atoms with Gasteiger partial charge in [0, 0.05) is 29.7 Å². The van der Waals surface area contributed by atoms with E-state index in [4.69, 9.17) is 9.57 Å². The Labute approximate surface area is 197 Å². The number of hydrogen-bond donors (Lipinski definition) is 1. The largest absolute Gasteiger partial charge is 0.497 e. The lowest BCUT2D eigenvalue weighted by atomic mass is 9.64. The quantitative estimate of drug-likeness (QED) is 0.365. The highest BCUT2D eigenvalue weighted by Gasteiger charge is 2.71. The van der Waals surface area contributed by atoms with Crippen LogP contribution in [0, 0.1) is 26.4 Å². The smallest absolute Gasteiger partial charge is 0.365 e. The van der Waals surface area contributed by atoms with Gasteiger partial charge in [-0.25, -0.2) is 4.79 Å². The third kappa shape index (κ3) is 3.52. The fraction of sp³-hybridized carbons (Fsp3) is 0.400. The van der Waals surface area contributed by atoms with Crippen LogP contribution in [0.2, 0.25) is 0 Å². The van der Waals surface area contributed by atoms with Gasteiger partial charge in [-0.3, -0.25) is 14.9 Å². The molecule has 2 bridgehead atoms. The van der Waals surface area contributed by atoms with Gasteiger partial charge in [-0.15, -0.1) is 0 Å². The number of ether oxygens (including phenoxy) is 1. The number of nitrogens with zero attached hydrogens (tertiary/aromatic N) is 2. The number of rotatable bonds is 6. The third-order valence-electron chi connectivity index (χ3n) is 8.07. The van der Waals surface area contributed by atoms with Gasteiger partial charge in [0.25, 0.3) is 5.69 Å². The Morgan fingerprint density at radius 2 is 1.68 bits per heavy atom. The SMILES string of the molecule is COc1ccc(C(=O)ON=C2CC3(C(=O)Nc4ccc([N+](=O)[O-])cc4)CCC2(C)C3(C)C)cc1. The van der Waals surface area contributed by atoms with Gasteiger partial charge in [0.05, 0.1) is 28.7 Å². The Morgan fingerprint density at radius 3 is 2.26 bits per heavy atom. The predicted molar refractivity (Wildman–Crippen MR) is 126 cm³/mol. The number of fused-ring (bicyclic) bond motifs is 2. The number of benzene rings is 2. The highest BCUT2D eigenvalue weighted by molar-refractivity contribution is 6.06. The molecule has 2 aliphatic rings. The van der Waals surface area contributed by atoms with Crippen LogP contribution in [-0.2, 0) is 9.63 Å². The molecular weight excluding hydrogens is 438 g/mol. The highest BCUT2D eigenvalue weighted by Crippen LogP contribution is 2.71. The first-order valence-electron chi connectivity index (χ1n) is 11.0. The zero-order valence-electron chi connectivity index (χ0n) is 19.6. The van der Waals surface area contributed by atoms with Crippen LogP contribution in [-0.4, -0.2) is 29.6 Å². The first-order chi connectivity index (χ1) is 16.0. The molecule has 0 spiro atoms. The fourth-order valence-electron chi connectivity index (χ4n) is 5.32. The molecule has 2 saturated carbocycles. The van der Waals surface area contributed by atoms with Crippen molar-refractivity contribution in [3.8, 4) is 5.75 Å². The summed E-state index contributed by atoms with van der Waals surface area (Å²) in [4.78, 5) is 41.7. The molecule has 0 saturated heterocycles. The summed E-state index contributed by atoms with van der Waals surface area (Å²) in [6.07, 6.45) is 1.76. The van der Waals surface area contributed by atoms with Gasteiger partial charge in [0.15, 0.2) is 0 Å². The van der Waals surface area contributed by atoms with Crippen LogP contribution in [0.3, 0.4) is 0 Å². The van der Waals surface area contributed by atoms with Crippen LogP contribution in [0.4, 0.5) is 11.4 Å². The van der Waals surface area contributed by atoms with Crippen molar-refractivity contribution in [3.05, 3.63) is 64.2 Å². The number of nitro benzene ring substituents is 1. The van der Waals surface area contributed by atoms with Gasteiger partial charge in [0.2, 0.25) is 5.91 Å². The van der Waals surface area contributed by atoms with E-state index in [9.17, 15) is 19.7 Å². The average molecular weight is 466 g/mol. The zero-order valence-corrected chi connectivity index (χ0v) is 19.6. The number of oxime groups is 1. The second kappa shape index (κ2) is 8.23. The van der Waals surface area contributed by atoms with Crippen LogP contribution in [0.5, 0.6) is 5.75 Å². The normalized spacial score (nSPS) is 25.7. The van der Waals surface area contributed by atoms with E-state index in [2.05, 4.69) is 17.4 Å². The molecule has 0 aromatic heterocycles. The van der Waals surface area contributed by atoms with Gasteiger partial charge < -0.3 is 14.9 Å². The van der Waals surface area contributed by atoms with E-state index in [-0.39, 0.29) is 11.6 Å². The van der Waals surface area contributed by atoms with E-state index in [1.54, 1.807) is 31.4 Å². The zero-order chi connectivity index (χ0) is 24.7. The molecule has 1 N–H and O–H groups in total. The molecule has 9 nitrogen and oxygen atoms in total. The summed E-state index contributed by atoms with van der Waals surface area (Å²) in [6.45, 7) is 6.15. The Bertz CT molecular complexity index is 1170. The Hall–Kier alpha value is -3.75. The van der Waals surface area contributed by atoms with Gasteiger partial charge >= 0.3 is 5.97 Å². The third-order valence-corrected chi connectivity index (χ3v) is 8.07. The Balaban J connectivity index is 1.54. The second-order valence-corrected chi connectivity index (χ2v) is 9.62. The van der Waals surface area contributed by atoms with Crippen LogP contribution in [0.25, 0.3) is 0 Å². The number of amides is 1. The number of non-ortho nitro benzene ring substituents is 1. The minimum atomic E-state index is -0.741. The standard InChI is InChI=1S/C25H27N3O6/c1-23(2)24(3)13-14-25(23,22(30)26-17-7-9-18(10-8-17)28(31)32)15-20(24)27-34-21(29)16-5-11-19(33-4)12-6-16/h5-12H,13-15H2,1-4H3,(H,26,30). The van der Waals surface area contributed by atoms with Gasteiger partial charge in [-0.05, 0) is 54.7 Å². The van der Waals surface area contributed by atoms with E-state index in [1.807, 2.05) is 13.8 Å². The summed E-state index contributed by atoms with van der Waals surface area (Å²) < 4.78 is 5.10. The Morgan fingerprint density at radius 1 is 1.03 bits per heavy atom. The highest BCUT2D eigenvalue weighted by atomic mass is 16.7. The molecule has 2 atom stereocenters. The summed E-state index contributed by atoms with van der Waals surface area (Å²) in [6, 6.07) is 12.3. The number of methoxy groups -OCH3 is 1. The monoisotopic (exact) mass is 465 g/mol. The van der Waals surface area contributed by atoms with Crippen molar-refractivity contribution in [3.63, 3.8) is 0 Å². The predicted octanol–water partition coefficient (Wildman–Crippen LogP) is 4.97. The van der Waals surface area contributed by atoms with E-state index in [1.165, 1.54) is 24.3 Å². The molecule has 0 aliphatic heterocycles. The first kappa shape index (κ1) is 23.4. The number of carbonyl (C=O) groups excluding carboxylic acids is 2. The van der Waals surface area contributed by atoms with E-state index in [0.717, 1.165) is 6.42 Å². The second-order valence-electron chi connectivity index (χ2n) is 9.62. The first-order valence-corrected chi connectivity index (χ1v) is 11.0. The topological polar surface area (TPSA) is 120 Å². The van der Waals surface area contributed by atoms with Crippen molar-refractivity contribution in [1.29, 1.82) is 0 Å². The maximum absolute atomic E-state index is 13.5. The lowest BCUT2D eigenvalue weighted by Gasteiger charge is -2.39. The summed E-state index contributed by atoms with van der Waals surface area (Å²) in [5.41, 5.74) is -0.122. The summed E-state index contributed by atoms with van der Waals surface area (Å²) >= 11 is 0. The number of nitro groups is 1. The molecule has 34 heavy (non-hydrogen) atoms. The van der Waals surface area contributed by atoms with Crippen molar-refractivity contribution in [2.45, 2.75) is 40.0 Å². The molecule has 2 unspecified atom stereocenters. The van der Waals surface area contributed by atoms with Crippen LogP contribution in [0.15, 0.2) is 53.7 Å². The number of nitrogens with one attached hydrogen (secondary N) is 1. The molecule has 9 heteroatoms. The fourth-order valence-corrected chi connectivity index (χ4v) is 5.32. The van der Waals surface area contributed by atoms with E-state index < -0.39 is 27.1 Å². The Kier molecular flexibility index (Phi) is 5.67. The molecule has 1 amide bonds. The van der Waals surface area contributed by atoms with E-state index >= 15 is 0 Å². The van der Waals surface area contributed by atoms with Crippen LogP contribution >= 0.6 is 0 Å². The average Bonchev–Trinajstić information content (AvgIpc) is 3.13. The molecular formula is C25H27N3O6. The maximum Gasteiger partial charge on any atom is 0.365 e. The van der Waals surface area contributed by atoms with Crippen molar-refractivity contribution < 1.29 is 24.1 Å². The molecule has 2 fully saturated rings. The van der Waals surface area contributed by atoms with Crippen LogP contribution in [0.1, 0.15) is 50.4 Å². The van der Waals surface area contributed by atoms with Crippen molar-refractivity contribution in [2.75, 3.05) is 12.4 Å². The van der Waals surface area contributed by atoms with Crippen molar-refractivity contribution in [1.82, 2.24) is 0 Å². The van der Waals surface area contributed by atoms with Crippen molar-refractivity contribution >= 4 is 29.0 Å². The van der Waals surface area contributed by atoms with Crippen LogP contribution < -0.4 is 10.1 Å².